The average Bonchev–Trinajstić information content (AvgIpc) is 3.47. The van der Waals surface area contributed by atoms with Crippen LogP contribution in [-0.4, -0.2) is 11.0 Å². The molecule has 10 heteroatoms. The summed E-state index contributed by atoms with van der Waals surface area (Å²) in [4.78, 5) is 40.1. The monoisotopic (exact) mass is 537 g/mol. The first-order valence-corrected chi connectivity index (χ1v) is 12.3. The summed E-state index contributed by atoms with van der Waals surface area (Å²) in [5.41, 5.74) is -0.532. The Hall–Kier alpha value is -3.95. The molecule has 0 radical (unpaired) electrons. The molecule has 4 aromatic rings. The van der Waals surface area contributed by atoms with Crippen LogP contribution in [0.25, 0.3) is 0 Å². The van der Waals surface area contributed by atoms with Crippen molar-refractivity contribution >= 4 is 40.3 Å². The highest BCUT2D eigenvalue weighted by Crippen LogP contribution is 2.40. The lowest BCUT2D eigenvalue weighted by Crippen LogP contribution is -2.39. The molecule has 1 aliphatic heterocycles. The van der Waals surface area contributed by atoms with Crippen LogP contribution in [-0.2, 0) is 13.2 Å². The van der Waals surface area contributed by atoms with Crippen LogP contribution in [0.5, 0.6) is 0 Å². The number of furan rings is 1. The lowest BCUT2D eigenvalue weighted by molar-refractivity contribution is 0.0997. The van der Waals surface area contributed by atoms with E-state index in [1.54, 1.807) is 36.4 Å². The lowest BCUT2D eigenvalue weighted by atomic mass is 9.85. The second-order valence-corrected chi connectivity index (χ2v) is 10.6. The summed E-state index contributed by atoms with van der Waals surface area (Å²) in [6.45, 7) is 5.46. The van der Waals surface area contributed by atoms with Crippen molar-refractivity contribution < 1.29 is 18.7 Å². The van der Waals surface area contributed by atoms with Crippen LogP contribution in [0.3, 0.4) is 0 Å². The number of rotatable bonds is 7. The summed E-state index contributed by atoms with van der Waals surface area (Å²) in [6.07, 6.45) is 0. The van der Waals surface area contributed by atoms with Gasteiger partial charge < -0.3 is 25.1 Å². The van der Waals surface area contributed by atoms with Crippen molar-refractivity contribution in [3.63, 3.8) is 0 Å². The Morgan fingerprint density at radius 1 is 1.05 bits per heavy atom. The van der Waals surface area contributed by atoms with Crippen molar-refractivity contribution in [1.29, 1.82) is 0 Å². The van der Waals surface area contributed by atoms with Gasteiger partial charge in [0.05, 0.1) is 30.4 Å². The Bertz CT molecular complexity index is 1630. The number of benzene rings is 2. The lowest BCUT2D eigenvalue weighted by Gasteiger charge is -2.31. The van der Waals surface area contributed by atoms with E-state index in [4.69, 9.17) is 16.0 Å². The third-order valence-corrected chi connectivity index (χ3v) is 6.89. The van der Waals surface area contributed by atoms with Crippen molar-refractivity contribution in [3.05, 3.63) is 102 Å². The summed E-state index contributed by atoms with van der Waals surface area (Å²) in [7, 11) is 0. The highest BCUT2D eigenvalue weighted by Gasteiger charge is 2.36. The fraction of sp³-hybridized carbons (Fsp3) is 0.250. The number of nitrogens with one attached hydrogen (secondary N) is 2. The fourth-order valence-electron chi connectivity index (χ4n) is 4.72. The molecule has 0 spiro atoms. The largest absolute Gasteiger partial charge is 0.447 e. The van der Waals surface area contributed by atoms with Crippen LogP contribution in [0, 0.1) is 11.2 Å². The molecular formula is C28H25ClFN3O5. The highest BCUT2D eigenvalue weighted by molar-refractivity contribution is 6.28. The molecule has 2 heterocycles. The smallest absolute Gasteiger partial charge is 0.261 e. The zero-order chi connectivity index (χ0) is 27.4. The van der Waals surface area contributed by atoms with Crippen molar-refractivity contribution in [2.24, 2.45) is 5.41 Å². The first-order chi connectivity index (χ1) is 18.0. The molecule has 38 heavy (non-hydrogen) atoms. The number of carbonyl (C=O) groups is 1. The zero-order valence-corrected chi connectivity index (χ0v) is 21.6. The number of anilines is 4. The van der Waals surface area contributed by atoms with Gasteiger partial charge >= 0.3 is 0 Å². The summed E-state index contributed by atoms with van der Waals surface area (Å²) < 4.78 is 20.4. The maximum absolute atomic E-state index is 14.8. The van der Waals surface area contributed by atoms with E-state index in [0.29, 0.717) is 17.0 Å². The second-order valence-electron chi connectivity index (χ2n) is 10.2. The van der Waals surface area contributed by atoms with Gasteiger partial charge in [-0.25, -0.2) is 4.39 Å². The molecule has 1 amide bonds. The van der Waals surface area contributed by atoms with Gasteiger partial charge in [0, 0.05) is 16.8 Å². The molecule has 1 aliphatic rings. The SMILES string of the molecule is CC(C)(C)[C@@H](Nc1c(Nc2ccc(F)c3c2C(=O)N(c2ccccc2CO)C3)c(=O)c1=O)c1ccc(Cl)o1. The number of amides is 1. The highest BCUT2D eigenvalue weighted by atomic mass is 35.5. The van der Waals surface area contributed by atoms with Gasteiger partial charge in [-0.1, -0.05) is 39.0 Å². The predicted octanol–water partition coefficient (Wildman–Crippen LogP) is 5.26. The Balaban J connectivity index is 1.50. The molecule has 0 saturated heterocycles. The number of aliphatic hydroxyl groups excluding tert-OH is 1. The summed E-state index contributed by atoms with van der Waals surface area (Å²) in [5, 5.41) is 15.9. The van der Waals surface area contributed by atoms with Crippen molar-refractivity contribution in [3.8, 4) is 0 Å². The predicted molar refractivity (Wildman–Crippen MR) is 143 cm³/mol. The molecule has 1 aromatic heterocycles. The van der Waals surface area contributed by atoms with E-state index in [1.165, 1.54) is 17.0 Å². The van der Waals surface area contributed by atoms with E-state index < -0.39 is 34.0 Å². The van der Waals surface area contributed by atoms with Gasteiger partial charge in [-0.3, -0.25) is 14.4 Å². The van der Waals surface area contributed by atoms with Gasteiger partial charge in [-0.05, 0) is 47.3 Å². The molecule has 0 aliphatic carbocycles. The minimum atomic E-state index is -0.761. The van der Waals surface area contributed by atoms with Crippen LogP contribution in [0.4, 0.5) is 27.1 Å². The van der Waals surface area contributed by atoms with Crippen molar-refractivity contribution in [2.45, 2.75) is 40.0 Å². The molecule has 0 fully saturated rings. The Labute approximate surface area is 222 Å². The molecule has 3 aromatic carbocycles. The first-order valence-electron chi connectivity index (χ1n) is 12.0. The summed E-state index contributed by atoms with van der Waals surface area (Å²) in [6, 6.07) is 12.1. The van der Waals surface area contributed by atoms with Gasteiger partial charge in [0.15, 0.2) is 5.22 Å². The van der Waals surface area contributed by atoms with Gasteiger partial charge in [0.2, 0.25) is 0 Å². The van der Waals surface area contributed by atoms with Crippen molar-refractivity contribution in [2.75, 3.05) is 15.5 Å². The van der Waals surface area contributed by atoms with Crippen molar-refractivity contribution in [1.82, 2.24) is 0 Å². The number of aliphatic hydroxyl groups is 1. The van der Waals surface area contributed by atoms with Gasteiger partial charge in [-0.15, -0.1) is 0 Å². The topological polar surface area (TPSA) is 112 Å². The quantitative estimate of drug-likeness (QED) is 0.275. The van der Waals surface area contributed by atoms with Crippen LogP contribution < -0.4 is 26.4 Å². The van der Waals surface area contributed by atoms with E-state index in [0.717, 1.165) is 0 Å². The zero-order valence-electron chi connectivity index (χ0n) is 20.9. The number of para-hydroxylation sites is 1. The molecule has 0 bridgehead atoms. The Morgan fingerprint density at radius 2 is 1.76 bits per heavy atom. The molecule has 8 nitrogen and oxygen atoms in total. The number of carbonyl (C=O) groups excluding carboxylic acids is 1. The maximum Gasteiger partial charge on any atom is 0.261 e. The third kappa shape index (κ3) is 4.27. The van der Waals surface area contributed by atoms with E-state index in [2.05, 4.69) is 10.6 Å². The van der Waals surface area contributed by atoms with Crippen LogP contribution in [0.1, 0.15) is 54.1 Å². The number of nitrogens with zero attached hydrogens (tertiary/aromatic N) is 1. The summed E-state index contributed by atoms with van der Waals surface area (Å²) in [5.74, 6) is -0.583. The van der Waals surface area contributed by atoms with E-state index in [1.807, 2.05) is 20.8 Å². The molecule has 0 unspecified atom stereocenters. The number of halogens is 2. The molecule has 0 saturated carbocycles. The van der Waals surface area contributed by atoms with E-state index in [9.17, 15) is 23.9 Å². The minimum Gasteiger partial charge on any atom is -0.447 e. The molecule has 196 valence electrons. The van der Waals surface area contributed by atoms with Crippen LogP contribution in [0.2, 0.25) is 5.22 Å². The fourth-order valence-corrected chi connectivity index (χ4v) is 4.87. The van der Waals surface area contributed by atoms with Crippen LogP contribution in [0.15, 0.2) is 62.5 Å². The molecular weight excluding hydrogens is 513 g/mol. The minimum absolute atomic E-state index is 0.0299. The van der Waals surface area contributed by atoms with Gasteiger partial charge in [0.25, 0.3) is 16.8 Å². The standard InChI is InChI=1S/C28H25ClFN3O5/c1-28(2,3)26(19-10-11-20(29)38-19)32-23-22(24(35)25(23)36)31-17-9-8-16(30)15-12-33(27(37)21(15)17)18-7-5-4-6-14(18)13-34/h4-11,26,31-32,34H,12-13H2,1-3H3/t26-/m0/s1. The van der Waals surface area contributed by atoms with Gasteiger partial charge in [-0.2, -0.15) is 0 Å². The van der Waals surface area contributed by atoms with Gasteiger partial charge in [0.1, 0.15) is 23.0 Å². The normalized spacial score (nSPS) is 14.2. The second kappa shape index (κ2) is 9.41. The Morgan fingerprint density at radius 3 is 2.42 bits per heavy atom. The first kappa shape index (κ1) is 25.7. The Kier molecular flexibility index (Phi) is 6.36. The van der Waals surface area contributed by atoms with E-state index >= 15 is 0 Å². The summed E-state index contributed by atoms with van der Waals surface area (Å²) >= 11 is 5.96. The molecule has 1 atom stereocenters. The third-order valence-electron chi connectivity index (χ3n) is 6.69. The number of hydrogen-bond acceptors (Lipinski definition) is 7. The molecule has 3 N–H and O–H groups in total. The van der Waals surface area contributed by atoms with E-state index in [-0.39, 0.29) is 46.6 Å². The number of hydrogen-bond donors (Lipinski definition) is 3. The number of fused-ring (bicyclic) bond motifs is 1. The molecule has 5 rings (SSSR count). The van der Waals surface area contributed by atoms with Crippen LogP contribution >= 0.6 is 11.6 Å². The average molecular weight is 538 g/mol. The maximum atomic E-state index is 14.8.